The molecular weight excluding hydrogens is 426 g/mol. The van der Waals surface area contributed by atoms with Crippen molar-refractivity contribution in [1.29, 1.82) is 0 Å². The van der Waals surface area contributed by atoms with Crippen molar-refractivity contribution < 1.29 is 18.3 Å². The Morgan fingerprint density at radius 3 is 2.45 bits per heavy atom. The van der Waals surface area contributed by atoms with E-state index in [1.54, 1.807) is 6.20 Å². The Bertz CT molecular complexity index is 1130. The first-order valence-corrected chi connectivity index (χ1v) is 11.6. The van der Waals surface area contributed by atoms with Crippen LogP contribution >= 0.6 is 0 Å². The molecule has 2 saturated heterocycles. The lowest BCUT2D eigenvalue weighted by molar-refractivity contribution is -0.144. The second-order valence-electron chi connectivity index (χ2n) is 8.92. The molecule has 2 aliphatic heterocycles. The molecule has 33 heavy (non-hydrogen) atoms. The van der Waals surface area contributed by atoms with Gasteiger partial charge < -0.3 is 9.64 Å². The van der Waals surface area contributed by atoms with Crippen LogP contribution in [0.1, 0.15) is 43.1 Å². The molecule has 1 aromatic carbocycles. The van der Waals surface area contributed by atoms with E-state index in [2.05, 4.69) is 4.98 Å². The second-order valence-corrected chi connectivity index (χ2v) is 8.92. The summed E-state index contributed by atoms with van der Waals surface area (Å²) in [6.07, 6.45) is 4.69. The predicted molar refractivity (Wildman–Crippen MR) is 122 cm³/mol. The summed E-state index contributed by atoms with van der Waals surface area (Å²) in [6.45, 7) is 3.10. The molecule has 5 rings (SSSR count). The Kier molecular flexibility index (Phi) is 5.78. The molecule has 0 radical (unpaired) electrons. The Morgan fingerprint density at radius 2 is 1.79 bits per heavy atom. The lowest BCUT2D eigenvalue weighted by Crippen LogP contribution is -2.46. The summed E-state index contributed by atoms with van der Waals surface area (Å²) in [6, 6.07) is 10.7. The molecule has 0 atom stereocenters. The molecule has 3 aromatic rings. The van der Waals surface area contributed by atoms with Gasteiger partial charge in [-0.2, -0.15) is 8.78 Å². The largest absolute Gasteiger partial charge is 0.489 e. The van der Waals surface area contributed by atoms with Crippen LogP contribution < -0.4 is 4.74 Å². The number of carbonyl (C=O) groups excluding carboxylic acids is 1. The van der Waals surface area contributed by atoms with Gasteiger partial charge in [-0.25, -0.2) is 9.88 Å². The number of para-hydroxylation sites is 1. The number of hydrogen-bond donors (Lipinski definition) is 0. The predicted octanol–water partition coefficient (Wildman–Crippen LogP) is 4.72. The van der Waals surface area contributed by atoms with E-state index >= 15 is 0 Å². The molecule has 1 amide bonds. The lowest BCUT2D eigenvalue weighted by Gasteiger charge is -2.35. The van der Waals surface area contributed by atoms with Crippen LogP contribution in [0.15, 0.2) is 48.7 Å². The van der Waals surface area contributed by atoms with Gasteiger partial charge in [0.05, 0.1) is 11.7 Å². The summed E-state index contributed by atoms with van der Waals surface area (Å²) in [4.78, 5) is 20.9. The molecule has 0 saturated carbocycles. The number of ether oxygens (including phenoxy) is 1. The van der Waals surface area contributed by atoms with Crippen LogP contribution in [-0.4, -0.2) is 63.6 Å². The van der Waals surface area contributed by atoms with Gasteiger partial charge in [0.1, 0.15) is 23.4 Å². The first-order chi connectivity index (χ1) is 15.9. The maximum absolute atomic E-state index is 13.5. The van der Waals surface area contributed by atoms with E-state index in [1.165, 1.54) is 4.90 Å². The molecule has 0 unspecified atom stereocenters. The van der Waals surface area contributed by atoms with Crippen molar-refractivity contribution >= 4 is 16.8 Å². The van der Waals surface area contributed by atoms with Crippen molar-refractivity contribution in [3.05, 3.63) is 54.4 Å². The molecule has 8 heteroatoms. The Hall–Kier alpha value is -3.00. The number of benzene rings is 1. The molecule has 6 nitrogen and oxygen atoms in total. The number of nitrogens with zero attached hydrogens (tertiary/aromatic N) is 4. The zero-order chi connectivity index (χ0) is 23.0. The molecule has 174 valence electrons. The van der Waals surface area contributed by atoms with Crippen LogP contribution in [0.5, 0.6) is 5.75 Å². The standard InChI is InChI=1S/C25H28F2N4O2/c1-25(26,27)30-14-10-19(11-15-30)33-20-8-9-23(28-17-20)31-21-7-3-2-6-18(21)16-22(31)24(32)29-12-4-5-13-29/h2-3,6-9,16-17,19H,4-5,10-15H2,1H3. The first-order valence-electron chi connectivity index (χ1n) is 11.6. The number of pyridine rings is 1. The van der Waals surface area contributed by atoms with Gasteiger partial charge in [-0.15, -0.1) is 0 Å². The number of amides is 1. The second kappa shape index (κ2) is 8.74. The molecule has 2 fully saturated rings. The molecular formula is C25H28F2N4O2. The number of likely N-dealkylation sites (tertiary alicyclic amines) is 2. The number of alkyl halides is 2. The van der Waals surface area contributed by atoms with E-state index in [1.807, 2.05) is 51.9 Å². The Balaban J connectivity index is 1.36. The number of carbonyl (C=O) groups is 1. The van der Waals surface area contributed by atoms with Gasteiger partial charge in [-0.05, 0) is 49.9 Å². The molecule has 2 aliphatic rings. The zero-order valence-electron chi connectivity index (χ0n) is 18.7. The highest BCUT2D eigenvalue weighted by Gasteiger charge is 2.34. The maximum Gasteiger partial charge on any atom is 0.302 e. The smallest absolute Gasteiger partial charge is 0.302 e. The number of halogens is 2. The van der Waals surface area contributed by atoms with Crippen molar-refractivity contribution in [2.75, 3.05) is 26.2 Å². The highest BCUT2D eigenvalue weighted by molar-refractivity contribution is 6.00. The summed E-state index contributed by atoms with van der Waals surface area (Å²) in [5, 5.41) is 0.988. The number of rotatable bonds is 5. The SMILES string of the molecule is CC(F)(F)N1CCC(Oc2ccc(-n3c(C(=O)N4CCCC4)cc4ccccc43)nc2)CC1. The third-order valence-corrected chi connectivity index (χ3v) is 6.57. The van der Waals surface area contributed by atoms with Crippen LogP contribution in [0.4, 0.5) is 8.78 Å². The van der Waals surface area contributed by atoms with Crippen molar-refractivity contribution in [3.63, 3.8) is 0 Å². The van der Waals surface area contributed by atoms with Gasteiger partial charge >= 0.3 is 6.05 Å². The average Bonchev–Trinajstić information content (AvgIpc) is 3.47. The molecule has 0 aliphatic carbocycles. The summed E-state index contributed by atoms with van der Waals surface area (Å²) in [5.41, 5.74) is 1.53. The minimum absolute atomic E-state index is 0.0188. The van der Waals surface area contributed by atoms with Gasteiger partial charge in [0, 0.05) is 38.5 Å². The van der Waals surface area contributed by atoms with Gasteiger partial charge in [0.25, 0.3) is 5.91 Å². The molecule has 0 spiro atoms. The van der Waals surface area contributed by atoms with Gasteiger partial charge in [0.2, 0.25) is 0 Å². The number of aromatic nitrogens is 2. The Morgan fingerprint density at radius 1 is 1.06 bits per heavy atom. The minimum Gasteiger partial charge on any atom is -0.489 e. The van der Waals surface area contributed by atoms with E-state index in [4.69, 9.17) is 4.74 Å². The quantitative estimate of drug-likeness (QED) is 0.524. The highest BCUT2D eigenvalue weighted by atomic mass is 19.3. The van der Waals surface area contributed by atoms with Crippen LogP contribution in [-0.2, 0) is 0 Å². The normalized spacial score (nSPS) is 18.2. The maximum atomic E-state index is 13.5. The van der Waals surface area contributed by atoms with Crippen LogP contribution in [0.25, 0.3) is 16.7 Å². The summed E-state index contributed by atoms with van der Waals surface area (Å²) >= 11 is 0. The Labute approximate surface area is 191 Å². The molecule has 4 heterocycles. The average molecular weight is 455 g/mol. The summed E-state index contributed by atoms with van der Waals surface area (Å²) < 4.78 is 34.9. The fourth-order valence-corrected chi connectivity index (χ4v) is 4.77. The number of piperidine rings is 1. The van der Waals surface area contributed by atoms with Crippen LogP contribution in [0.3, 0.4) is 0 Å². The number of fused-ring (bicyclic) bond motifs is 1. The molecule has 0 N–H and O–H groups in total. The monoisotopic (exact) mass is 454 g/mol. The van der Waals surface area contributed by atoms with E-state index in [0.717, 1.165) is 43.8 Å². The van der Waals surface area contributed by atoms with Crippen molar-refractivity contribution in [3.8, 4) is 11.6 Å². The van der Waals surface area contributed by atoms with Crippen LogP contribution in [0.2, 0.25) is 0 Å². The topological polar surface area (TPSA) is 50.6 Å². The van der Waals surface area contributed by atoms with E-state index in [0.29, 0.717) is 43.2 Å². The van der Waals surface area contributed by atoms with Gasteiger partial charge in [0.15, 0.2) is 0 Å². The summed E-state index contributed by atoms with van der Waals surface area (Å²) in [7, 11) is 0. The number of hydrogen-bond acceptors (Lipinski definition) is 4. The zero-order valence-corrected chi connectivity index (χ0v) is 18.7. The van der Waals surface area contributed by atoms with E-state index in [-0.39, 0.29) is 12.0 Å². The highest BCUT2D eigenvalue weighted by Crippen LogP contribution is 2.28. The minimum atomic E-state index is -2.79. The van der Waals surface area contributed by atoms with E-state index in [9.17, 15) is 13.6 Å². The fraction of sp³-hybridized carbons (Fsp3) is 0.440. The van der Waals surface area contributed by atoms with Crippen molar-refractivity contribution in [2.45, 2.75) is 44.8 Å². The van der Waals surface area contributed by atoms with Crippen molar-refractivity contribution in [1.82, 2.24) is 19.4 Å². The third kappa shape index (κ3) is 4.44. The molecule has 2 aromatic heterocycles. The van der Waals surface area contributed by atoms with Gasteiger partial charge in [-0.3, -0.25) is 9.36 Å². The third-order valence-electron chi connectivity index (χ3n) is 6.57. The first kappa shape index (κ1) is 21.8. The van der Waals surface area contributed by atoms with Crippen LogP contribution in [0, 0.1) is 0 Å². The van der Waals surface area contributed by atoms with Gasteiger partial charge in [-0.1, -0.05) is 18.2 Å². The molecule has 0 bridgehead atoms. The summed E-state index contributed by atoms with van der Waals surface area (Å²) in [5.74, 6) is 1.26. The van der Waals surface area contributed by atoms with E-state index < -0.39 is 6.05 Å². The lowest BCUT2D eigenvalue weighted by atomic mass is 10.1. The fourth-order valence-electron chi connectivity index (χ4n) is 4.77. The van der Waals surface area contributed by atoms with Crippen molar-refractivity contribution in [2.24, 2.45) is 0 Å².